The van der Waals surface area contributed by atoms with Gasteiger partial charge in [-0.2, -0.15) is 0 Å². The quantitative estimate of drug-likeness (QED) is 0.825. The molecule has 1 aliphatic carbocycles. The highest BCUT2D eigenvalue weighted by Gasteiger charge is 2.32. The van der Waals surface area contributed by atoms with Gasteiger partial charge in [-0.15, -0.1) is 0 Å². The van der Waals surface area contributed by atoms with Crippen molar-refractivity contribution in [3.63, 3.8) is 0 Å². The third-order valence-corrected chi connectivity index (χ3v) is 4.59. The van der Waals surface area contributed by atoms with Crippen LogP contribution in [0.5, 0.6) is 0 Å². The van der Waals surface area contributed by atoms with E-state index in [0.29, 0.717) is 17.9 Å². The third kappa shape index (κ3) is 3.38. The average Bonchev–Trinajstić information content (AvgIpc) is 3.11. The first-order valence-corrected chi connectivity index (χ1v) is 7.93. The van der Waals surface area contributed by atoms with E-state index in [9.17, 15) is 4.79 Å². The molecule has 1 saturated heterocycles. The van der Waals surface area contributed by atoms with Gasteiger partial charge in [0.05, 0.1) is 0 Å². The first kappa shape index (κ1) is 13.6. The van der Waals surface area contributed by atoms with Crippen molar-refractivity contribution in [1.82, 2.24) is 9.88 Å². The molecule has 0 unspecified atom stereocenters. The fraction of sp³-hybridized carbons (Fsp3) is 0.647. The summed E-state index contributed by atoms with van der Waals surface area (Å²) in [5, 5.41) is 0. The maximum atomic E-state index is 12.3. The highest BCUT2D eigenvalue weighted by Crippen LogP contribution is 2.34. The van der Waals surface area contributed by atoms with Crippen LogP contribution >= 0.6 is 0 Å². The van der Waals surface area contributed by atoms with Crippen LogP contribution in [0.4, 0.5) is 0 Å². The molecule has 3 rings (SSSR count). The first-order chi connectivity index (χ1) is 9.72. The number of carbonyl (C=O) groups is 1. The molecule has 0 N–H and O–H groups in total. The highest BCUT2D eigenvalue weighted by atomic mass is 16.2. The largest absolute Gasteiger partial charge is 0.340 e. The molecule has 0 aromatic carbocycles. The molecule has 2 aliphatic rings. The van der Waals surface area contributed by atoms with E-state index in [1.54, 1.807) is 0 Å². The number of aromatic nitrogens is 1. The lowest BCUT2D eigenvalue weighted by molar-refractivity contribution is -0.132. The van der Waals surface area contributed by atoms with E-state index in [4.69, 9.17) is 0 Å². The number of likely N-dealkylation sites (tertiary alicyclic amines) is 1. The zero-order valence-electron chi connectivity index (χ0n) is 12.3. The molecule has 1 aliphatic heterocycles. The maximum absolute atomic E-state index is 12.3. The number of hydrogen-bond acceptors (Lipinski definition) is 2. The highest BCUT2D eigenvalue weighted by molar-refractivity contribution is 5.77. The van der Waals surface area contributed by atoms with Crippen molar-refractivity contribution in [3.8, 4) is 0 Å². The Bertz CT molecular complexity index is 482. The molecule has 0 spiro atoms. The molecule has 20 heavy (non-hydrogen) atoms. The summed E-state index contributed by atoms with van der Waals surface area (Å²) in [7, 11) is 0. The Hall–Kier alpha value is -1.38. The maximum Gasteiger partial charge on any atom is 0.223 e. The summed E-state index contributed by atoms with van der Waals surface area (Å²) in [6.07, 6.45) is 9.72. The summed E-state index contributed by atoms with van der Waals surface area (Å²) in [6.45, 7) is 3.01. The molecular formula is C17H24N2O. The predicted octanol–water partition coefficient (Wildman–Crippen LogP) is 3.11. The van der Waals surface area contributed by atoms with Gasteiger partial charge in [-0.1, -0.05) is 0 Å². The summed E-state index contributed by atoms with van der Waals surface area (Å²) < 4.78 is 0. The normalized spacial score (nSPS) is 22.2. The molecule has 108 valence electrons. The van der Waals surface area contributed by atoms with Gasteiger partial charge in [0.25, 0.3) is 0 Å². The van der Waals surface area contributed by atoms with Crippen LogP contribution in [-0.2, 0) is 11.2 Å². The smallest absolute Gasteiger partial charge is 0.223 e. The number of pyridine rings is 1. The topological polar surface area (TPSA) is 33.2 Å². The molecule has 3 heteroatoms. The summed E-state index contributed by atoms with van der Waals surface area (Å²) in [4.78, 5) is 18.7. The number of amides is 1. The van der Waals surface area contributed by atoms with Crippen LogP contribution in [0.2, 0.25) is 0 Å². The van der Waals surface area contributed by atoms with Crippen molar-refractivity contribution < 1.29 is 4.79 Å². The second kappa shape index (κ2) is 5.94. The van der Waals surface area contributed by atoms with E-state index in [2.05, 4.69) is 22.0 Å². The van der Waals surface area contributed by atoms with Crippen molar-refractivity contribution in [1.29, 1.82) is 0 Å². The lowest BCUT2D eigenvalue weighted by Crippen LogP contribution is -2.35. The molecule has 1 amide bonds. The van der Waals surface area contributed by atoms with Gasteiger partial charge in [-0.05, 0) is 69.1 Å². The minimum Gasteiger partial charge on any atom is -0.340 e. The molecule has 3 nitrogen and oxygen atoms in total. The summed E-state index contributed by atoms with van der Waals surface area (Å²) >= 11 is 0. The lowest BCUT2D eigenvalue weighted by Gasteiger charge is -2.25. The summed E-state index contributed by atoms with van der Waals surface area (Å²) in [5.74, 6) is 1.10. The van der Waals surface area contributed by atoms with Gasteiger partial charge in [-0.25, -0.2) is 0 Å². The van der Waals surface area contributed by atoms with Gasteiger partial charge in [0.2, 0.25) is 5.91 Å². The van der Waals surface area contributed by atoms with Crippen LogP contribution in [-0.4, -0.2) is 28.4 Å². The zero-order chi connectivity index (χ0) is 13.9. The van der Waals surface area contributed by atoms with Gasteiger partial charge in [0.1, 0.15) is 0 Å². The monoisotopic (exact) mass is 272 g/mol. The Kier molecular flexibility index (Phi) is 4.04. The Balaban J connectivity index is 1.54. The Morgan fingerprint density at radius 3 is 3.00 bits per heavy atom. The molecular weight excluding hydrogens is 248 g/mol. The van der Waals surface area contributed by atoms with Crippen LogP contribution in [0.25, 0.3) is 0 Å². The fourth-order valence-corrected chi connectivity index (χ4v) is 3.24. The van der Waals surface area contributed by atoms with E-state index in [1.165, 1.54) is 31.2 Å². The molecule has 1 saturated carbocycles. The van der Waals surface area contributed by atoms with Gasteiger partial charge >= 0.3 is 0 Å². The van der Waals surface area contributed by atoms with Crippen molar-refractivity contribution in [2.45, 2.75) is 57.9 Å². The van der Waals surface area contributed by atoms with Gasteiger partial charge < -0.3 is 4.90 Å². The molecule has 0 bridgehead atoms. The third-order valence-electron chi connectivity index (χ3n) is 4.59. The molecule has 1 aromatic heterocycles. The number of nitrogens with zero attached hydrogens (tertiary/aromatic N) is 2. The SMILES string of the molecule is Cc1cc(CC[C@H]2CCCN2C(=O)CC2CC2)ccn1. The first-order valence-electron chi connectivity index (χ1n) is 7.93. The number of carbonyl (C=O) groups excluding carboxylic acids is 1. The molecule has 1 aromatic rings. The molecule has 1 atom stereocenters. The van der Waals surface area contributed by atoms with Gasteiger partial charge in [-0.3, -0.25) is 9.78 Å². The Labute approximate surface area is 121 Å². The lowest BCUT2D eigenvalue weighted by atomic mass is 10.0. The summed E-state index contributed by atoms with van der Waals surface area (Å²) in [5.41, 5.74) is 2.43. The van der Waals surface area contributed by atoms with Crippen LogP contribution in [0.3, 0.4) is 0 Å². The fourth-order valence-electron chi connectivity index (χ4n) is 3.24. The number of rotatable bonds is 5. The molecule has 2 heterocycles. The van der Waals surface area contributed by atoms with Gasteiger partial charge in [0.15, 0.2) is 0 Å². The zero-order valence-corrected chi connectivity index (χ0v) is 12.3. The second-order valence-electron chi connectivity index (χ2n) is 6.37. The van der Waals surface area contributed by atoms with Crippen LogP contribution in [0.15, 0.2) is 18.3 Å². The van der Waals surface area contributed by atoms with E-state index in [-0.39, 0.29) is 0 Å². The standard InChI is InChI=1S/C17H24N2O/c1-13-11-15(8-9-18-13)6-7-16-3-2-10-19(16)17(20)12-14-4-5-14/h8-9,11,14,16H,2-7,10,12H2,1H3/t16-/m1/s1. The average molecular weight is 272 g/mol. The summed E-state index contributed by atoms with van der Waals surface area (Å²) in [6, 6.07) is 4.72. The Morgan fingerprint density at radius 2 is 2.25 bits per heavy atom. The van der Waals surface area contributed by atoms with E-state index in [1.807, 2.05) is 13.1 Å². The minimum absolute atomic E-state index is 0.404. The predicted molar refractivity (Wildman–Crippen MR) is 79.4 cm³/mol. The van der Waals surface area contributed by atoms with E-state index < -0.39 is 0 Å². The van der Waals surface area contributed by atoms with Crippen LogP contribution in [0.1, 0.15) is 49.8 Å². The van der Waals surface area contributed by atoms with Crippen LogP contribution < -0.4 is 0 Å². The van der Waals surface area contributed by atoms with E-state index >= 15 is 0 Å². The van der Waals surface area contributed by atoms with E-state index in [0.717, 1.165) is 31.5 Å². The Morgan fingerprint density at radius 1 is 1.40 bits per heavy atom. The molecule has 0 radical (unpaired) electrons. The number of aryl methyl sites for hydroxylation is 2. The van der Waals surface area contributed by atoms with Crippen molar-refractivity contribution in [2.24, 2.45) is 5.92 Å². The van der Waals surface area contributed by atoms with Gasteiger partial charge in [0, 0.05) is 30.9 Å². The van der Waals surface area contributed by atoms with Crippen LogP contribution in [0, 0.1) is 12.8 Å². The van der Waals surface area contributed by atoms with Crippen molar-refractivity contribution in [2.75, 3.05) is 6.54 Å². The molecule has 2 fully saturated rings. The second-order valence-corrected chi connectivity index (χ2v) is 6.37. The van der Waals surface area contributed by atoms with Crippen molar-refractivity contribution in [3.05, 3.63) is 29.6 Å². The van der Waals surface area contributed by atoms with Crippen molar-refractivity contribution >= 4 is 5.91 Å². The number of hydrogen-bond donors (Lipinski definition) is 0. The minimum atomic E-state index is 0.404.